The fraction of sp³-hybridized carbons (Fsp3) is 0.415. The Morgan fingerprint density at radius 3 is 1.87 bits per heavy atom. The van der Waals surface area contributed by atoms with Crippen molar-refractivity contribution in [2.45, 2.75) is 106 Å². The summed E-state index contributed by atoms with van der Waals surface area (Å²) >= 11 is 0. The van der Waals surface area contributed by atoms with Gasteiger partial charge in [-0.3, -0.25) is 0 Å². The molecule has 3 aromatic carbocycles. The highest BCUT2D eigenvalue weighted by molar-refractivity contribution is 5.87. The quantitative estimate of drug-likeness (QED) is 0.212. The van der Waals surface area contributed by atoms with Gasteiger partial charge >= 0.3 is 0 Å². The molecule has 0 radical (unpaired) electrons. The first kappa shape index (κ1) is 35.6. The summed E-state index contributed by atoms with van der Waals surface area (Å²) in [7, 11) is 0. The van der Waals surface area contributed by atoms with Gasteiger partial charge in [-0.15, -0.1) is 13.2 Å². The average molecular weight is 605 g/mol. The largest absolute Gasteiger partial charge is 0.302 e. The van der Waals surface area contributed by atoms with Crippen LogP contribution in [0, 0.1) is 5.92 Å². The van der Waals surface area contributed by atoms with E-state index in [1.165, 1.54) is 27.9 Å². The molecule has 0 spiro atoms. The van der Waals surface area contributed by atoms with Crippen molar-refractivity contribution in [2.24, 2.45) is 5.92 Å². The normalized spacial score (nSPS) is 19.2. The molecule has 45 heavy (non-hydrogen) atoms. The molecule has 2 aliphatic heterocycles. The van der Waals surface area contributed by atoms with Crippen LogP contribution in [0.1, 0.15) is 111 Å². The summed E-state index contributed by atoms with van der Waals surface area (Å²) < 4.78 is 0. The second kappa shape index (κ2) is 15.4. The Kier molecular flexibility index (Phi) is 12.2. The summed E-state index contributed by atoms with van der Waals surface area (Å²) in [4.78, 5) is 15.6. The number of anilines is 4. The highest BCUT2D eigenvalue weighted by Gasteiger charge is 2.53. The number of hydrogen-bond donors (Lipinski definition) is 0. The molecule has 1 aromatic heterocycles. The van der Waals surface area contributed by atoms with Crippen molar-refractivity contribution in [3.63, 3.8) is 0 Å². The highest BCUT2D eigenvalue weighted by Crippen LogP contribution is 2.57. The van der Waals surface area contributed by atoms with Gasteiger partial charge < -0.3 is 9.80 Å². The molecule has 4 heteroatoms. The Morgan fingerprint density at radius 2 is 1.31 bits per heavy atom. The van der Waals surface area contributed by atoms with Crippen molar-refractivity contribution in [3.8, 4) is 11.3 Å². The Bertz CT molecular complexity index is 1500. The molecule has 0 saturated heterocycles. The second-order valence-corrected chi connectivity index (χ2v) is 12.1. The van der Waals surface area contributed by atoms with Gasteiger partial charge in [0.1, 0.15) is 6.17 Å². The fourth-order valence-corrected chi connectivity index (χ4v) is 6.86. The van der Waals surface area contributed by atoms with E-state index in [1.807, 2.05) is 33.9 Å². The minimum absolute atomic E-state index is 0.0325. The third-order valence-electron chi connectivity index (χ3n) is 9.35. The SMILES string of the molecule is C=C.CC.CC.CCC1(C)c2ccccc2N2c3nc(-c4c(C(C)C)cccc4C(C)C)cnc3N(c3ccccc3)C2C1C. The van der Waals surface area contributed by atoms with E-state index >= 15 is 0 Å². The van der Waals surface area contributed by atoms with Gasteiger partial charge in [-0.1, -0.05) is 131 Å². The Hall–Kier alpha value is -3.92. The summed E-state index contributed by atoms with van der Waals surface area (Å²) in [5.41, 5.74) is 8.70. The maximum absolute atomic E-state index is 5.50. The van der Waals surface area contributed by atoms with Gasteiger partial charge in [0, 0.05) is 28.3 Å². The number of aromatic nitrogens is 2. The van der Waals surface area contributed by atoms with E-state index in [9.17, 15) is 0 Å². The fourth-order valence-electron chi connectivity index (χ4n) is 6.86. The summed E-state index contributed by atoms with van der Waals surface area (Å²) in [5, 5.41) is 0. The maximum atomic E-state index is 5.50. The van der Waals surface area contributed by atoms with Crippen molar-refractivity contribution < 1.29 is 0 Å². The molecule has 0 aliphatic carbocycles. The molecule has 6 rings (SSSR count). The lowest BCUT2D eigenvalue weighted by Gasteiger charge is -2.50. The monoisotopic (exact) mass is 604 g/mol. The topological polar surface area (TPSA) is 32.3 Å². The third-order valence-corrected chi connectivity index (χ3v) is 9.35. The molecule has 0 N–H and O–H groups in total. The van der Waals surface area contributed by atoms with Crippen molar-refractivity contribution in [1.82, 2.24) is 9.97 Å². The van der Waals surface area contributed by atoms with Crippen LogP contribution in [0.3, 0.4) is 0 Å². The summed E-state index contributed by atoms with van der Waals surface area (Å²) in [6.07, 6.45) is 3.16. The van der Waals surface area contributed by atoms with E-state index in [0.717, 1.165) is 29.4 Å². The van der Waals surface area contributed by atoms with Crippen molar-refractivity contribution >= 4 is 23.0 Å². The molecule has 4 nitrogen and oxygen atoms in total. The first-order chi connectivity index (χ1) is 21.8. The zero-order valence-corrected chi connectivity index (χ0v) is 29.7. The van der Waals surface area contributed by atoms with Gasteiger partial charge in [0.15, 0.2) is 11.6 Å². The molecule has 3 unspecified atom stereocenters. The number of para-hydroxylation sites is 2. The maximum Gasteiger partial charge on any atom is 0.179 e. The number of hydrogen-bond acceptors (Lipinski definition) is 4. The molecule has 2 aliphatic rings. The molecule has 240 valence electrons. The Morgan fingerprint density at radius 1 is 0.756 bits per heavy atom. The summed E-state index contributed by atoms with van der Waals surface area (Å²) in [5.74, 6) is 3.01. The van der Waals surface area contributed by atoms with Gasteiger partial charge in [-0.25, -0.2) is 9.97 Å². The third kappa shape index (κ3) is 6.17. The van der Waals surface area contributed by atoms with Gasteiger partial charge in [-0.05, 0) is 53.1 Å². The van der Waals surface area contributed by atoms with Crippen LogP contribution in [-0.2, 0) is 5.41 Å². The van der Waals surface area contributed by atoms with Gasteiger partial charge in [0.05, 0.1) is 11.9 Å². The van der Waals surface area contributed by atoms with Crippen LogP contribution >= 0.6 is 0 Å². The molecule has 4 aromatic rings. The van der Waals surface area contributed by atoms with E-state index in [0.29, 0.717) is 17.8 Å². The number of nitrogens with zero attached hydrogens (tertiary/aromatic N) is 4. The van der Waals surface area contributed by atoms with Crippen molar-refractivity contribution in [1.29, 1.82) is 0 Å². The van der Waals surface area contributed by atoms with Gasteiger partial charge in [-0.2, -0.15) is 0 Å². The highest BCUT2D eigenvalue weighted by atomic mass is 15.5. The molecule has 0 bridgehead atoms. The smallest absolute Gasteiger partial charge is 0.179 e. The molecule has 0 amide bonds. The van der Waals surface area contributed by atoms with Crippen LogP contribution in [0.15, 0.2) is 92.2 Å². The van der Waals surface area contributed by atoms with E-state index in [-0.39, 0.29) is 11.6 Å². The predicted molar refractivity (Wildman–Crippen MR) is 197 cm³/mol. The van der Waals surface area contributed by atoms with E-state index < -0.39 is 0 Å². The molecule has 3 atom stereocenters. The van der Waals surface area contributed by atoms with E-state index in [1.54, 1.807) is 0 Å². The van der Waals surface area contributed by atoms with Crippen LogP contribution in [0.4, 0.5) is 23.0 Å². The average Bonchev–Trinajstić information content (AvgIpc) is 3.44. The first-order valence-corrected chi connectivity index (χ1v) is 17.0. The van der Waals surface area contributed by atoms with Crippen LogP contribution < -0.4 is 9.80 Å². The second-order valence-electron chi connectivity index (χ2n) is 12.1. The number of rotatable bonds is 5. The van der Waals surface area contributed by atoms with Gasteiger partial charge in [0.25, 0.3) is 0 Å². The Balaban J connectivity index is 0.000000870. The van der Waals surface area contributed by atoms with Crippen LogP contribution in [0.25, 0.3) is 11.3 Å². The molecule has 3 heterocycles. The van der Waals surface area contributed by atoms with Crippen molar-refractivity contribution in [2.75, 3.05) is 9.80 Å². The van der Waals surface area contributed by atoms with Crippen LogP contribution in [0.5, 0.6) is 0 Å². The number of benzene rings is 3. The standard InChI is InChI=1S/C35H40N4.2C2H6.C2H4/c1-8-35(7)24(6)34-38(25-15-10-9-11-16-25)32-33(39(34)30-20-13-12-19-28(30)35)37-29(21-36-32)31-26(22(2)3)17-14-18-27(31)23(4)5;3*1-2/h9-24,34H,8H2,1-7H3;2*1-2H3;1-2H2. The molecule has 0 saturated carbocycles. The lowest BCUT2D eigenvalue weighted by molar-refractivity contribution is 0.249. The van der Waals surface area contributed by atoms with Crippen LogP contribution in [0.2, 0.25) is 0 Å². The molecular formula is C41H56N4. The summed E-state index contributed by atoms with van der Waals surface area (Å²) in [6.45, 7) is 30.2. The summed E-state index contributed by atoms with van der Waals surface area (Å²) in [6, 6.07) is 26.4. The van der Waals surface area contributed by atoms with Crippen LogP contribution in [-0.4, -0.2) is 16.1 Å². The predicted octanol–water partition coefficient (Wildman–Crippen LogP) is 12.2. The van der Waals surface area contributed by atoms with E-state index in [2.05, 4.69) is 144 Å². The molecule has 0 fully saturated rings. The zero-order valence-electron chi connectivity index (χ0n) is 29.7. The van der Waals surface area contributed by atoms with Crippen molar-refractivity contribution in [3.05, 3.63) is 109 Å². The zero-order chi connectivity index (χ0) is 33.5. The van der Waals surface area contributed by atoms with Gasteiger partial charge in [0.2, 0.25) is 0 Å². The van der Waals surface area contributed by atoms with E-state index in [4.69, 9.17) is 9.97 Å². The first-order valence-electron chi connectivity index (χ1n) is 17.0. The lowest BCUT2D eigenvalue weighted by Crippen LogP contribution is -2.54. The minimum Gasteiger partial charge on any atom is -0.302 e. The minimum atomic E-state index is 0.0325. The lowest BCUT2D eigenvalue weighted by atomic mass is 9.66. The Labute approximate surface area is 274 Å². The number of fused-ring (bicyclic) bond motifs is 5. The molecular weight excluding hydrogens is 548 g/mol.